The van der Waals surface area contributed by atoms with Crippen LogP contribution >= 0.6 is 0 Å². The van der Waals surface area contributed by atoms with Crippen LogP contribution in [0.1, 0.15) is 39.0 Å². The fourth-order valence-electron chi connectivity index (χ4n) is 1.11. The molecule has 0 aromatic heterocycles. The number of carboxylic acid groups (broad SMARTS) is 2. The van der Waals surface area contributed by atoms with Crippen LogP contribution in [0.5, 0.6) is 0 Å². The van der Waals surface area contributed by atoms with E-state index >= 15 is 0 Å². The summed E-state index contributed by atoms with van der Waals surface area (Å²) in [5.41, 5.74) is 0. The number of rotatable bonds is 7. The minimum absolute atomic E-state index is 0. The van der Waals surface area contributed by atoms with Gasteiger partial charge in [0.2, 0.25) is 0 Å². The molecule has 0 heterocycles. The second-order valence-electron chi connectivity index (χ2n) is 3.04. The predicted molar refractivity (Wildman–Crippen MR) is 48.0 cm³/mol. The first-order valence-electron chi connectivity index (χ1n) is 4.51. The first-order valence-corrected chi connectivity index (χ1v) is 4.51. The molecule has 0 aliphatic rings. The van der Waals surface area contributed by atoms with Gasteiger partial charge in [0.15, 0.2) is 0 Å². The van der Waals surface area contributed by atoms with Crippen LogP contribution in [0.3, 0.4) is 0 Å². The number of carbonyl (C=O) groups is 2. The Bertz CT molecular complexity index is 168. The summed E-state index contributed by atoms with van der Waals surface area (Å²) in [5.74, 6) is -4.54. The maximum atomic E-state index is 10.3. The number of carbonyl (C=O) groups excluding carboxylic acids is 2. The third-order valence-electron chi connectivity index (χ3n) is 1.92. The number of carboxylic acids is 2. The molecule has 0 saturated carbocycles. The SMILES string of the molecule is CCCCCCC(C(=O)[O-])C(=O)[O-].[Ca+2]. The Morgan fingerprint density at radius 3 is 1.93 bits per heavy atom. The van der Waals surface area contributed by atoms with E-state index in [1.54, 1.807) is 0 Å². The van der Waals surface area contributed by atoms with Gasteiger partial charge in [0.05, 0.1) is 11.9 Å². The summed E-state index contributed by atoms with van der Waals surface area (Å²) >= 11 is 0. The summed E-state index contributed by atoms with van der Waals surface area (Å²) in [4.78, 5) is 20.5. The first-order chi connectivity index (χ1) is 6.09. The fraction of sp³-hybridized carbons (Fsp3) is 0.778. The molecule has 0 aliphatic carbocycles. The Morgan fingerprint density at radius 2 is 1.57 bits per heavy atom. The van der Waals surface area contributed by atoms with Crippen LogP contribution in [-0.4, -0.2) is 49.7 Å². The van der Waals surface area contributed by atoms with Gasteiger partial charge in [-0.1, -0.05) is 32.6 Å². The van der Waals surface area contributed by atoms with Gasteiger partial charge in [0.25, 0.3) is 0 Å². The number of hydrogen-bond acceptors (Lipinski definition) is 4. The maximum Gasteiger partial charge on any atom is 2.00 e. The van der Waals surface area contributed by atoms with Crippen molar-refractivity contribution in [1.29, 1.82) is 0 Å². The van der Waals surface area contributed by atoms with Gasteiger partial charge in [-0.05, 0) is 6.42 Å². The van der Waals surface area contributed by atoms with Gasteiger partial charge >= 0.3 is 37.7 Å². The third-order valence-corrected chi connectivity index (χ3v) is 1.92. The normalized spacial score (nSPS) is 9.57. The molecular weight excluding hydrogens is 212 g/mol. The van der Waals surface area contributed by atoms with Crippen LogP contribution < -0.4 is 10.2 Å². The third kappa shape index (κ3) is 7.59. The minimum Gasteiger partial charge on any atom is -0.549 e. The van der Waals surface area contributed by atoms with Crippen molar-refractivity contribution < 1.29 is 19.8 Å². The molecule has 5 heteroatoms. The van der Waals surface area contributed by atoms with E-state index in [0.29, 0.717) is 6.42 Å². The van der Waals surface area contributed by atoms with Crippen LogP contribution in [0.25, 0.3) is 0 Å². The summed E-state index contributed by atoms with van der Waals surface area (Å²) in [5, 5.41) is 20.5. The van der Waals surface area contributed by atoms with Gasteiger partial charge in [-0.15, -0.1) is 0 Å². The van der Waals surface area contributed by atoms with Gasteiger partial charge in [0.1, 0.15) is 0 Å². The van der Waals surface area contributed by atoms with E-state index in [1.165, 1.54) is 0 Å². The smallest absolute Gasteiger partial charge is 0.549 e. The van der Waals surface area contributed by atoms with Crippen LogP contribution in [0.2, 0.25) is 0 Å². The molecule has 0 atom stereocenters. The molecule has 4 nitrogen and oxygen atoms in total. The summed E-state index contributed by atoms with van der Waals surface area (Å²) in [6.45, 7) is 2.02. The molecule has 0 saturated heterocycles. The second kappa shape index (κ2) is 9.74. The van der Waals surface area contributed by atoms with Crippen molar-refractivity contribution in [1.82, 2.24) is 0 Å². The molecule has 0 fully saturated rings. The monoisotopic (exact) mass is 226 g/mol. The van der Waals surface area contributed by atoms with Gasteiger partial charge in [-0.3, -0.25) is 0 Å². The number of aliphatic carboxylic acids is 2. The summed E-state index contributed by atoms with van der Waals surface area (Å²) in [6.07, 6.45) is 3.59. The van der Waals surface area contributed by atoms with E-state index in [0.717, 1.165) is 19.3 Å². The van der Waals surface area contributed by atoms with Gasteiger partial charge in [0, 0.05) is 5.92 Å². The van der Waals surface area contributed by atoms with Crippen molar-refractivity contribution in [3.63, 3.8) is 0 Å². The van der Waals surface area contributed by atoms with E-state index in [1.807, 2.05) is 6.92 Å². The zero-order chi connectivity index (χ0) is 10.3. The van der Waals surface area contributed by atoms with E-state index in [4.69, 9.17) is 0 Å². The average Bonchev–Trinajstić information content (AvgIpc) is 2.02. The molecule has 0 aromatic carbocycles. The molecule has 0 N–H and O–H groups in total. The Hall–Kier alpha value is 0.200. The molecule has 0 rings (SSSR count). The van der Waals surface area contributed by atoms with Crippen LogP contribution in [0, 0.1) is 5.92 Å². The molecule has 76 valence electrons. The predicted octanol–water partition coefficient (Wildman–Crippen LogP) is -1.31. The molecule has 14 heavy (non-hydrogen) atoms. The Labute approximate surface area is 114 Å². The zero-order valence-corrected chi connectivity index (χ0v) is 10.7. The average molecular weight is 226 g/mol. The van der Waals surface area contributed by atoms with Gasteiger partial charge in [-0.2, -0.15) is 0 Å². The number of unbranched alkanes of at least 4 members (excludes halogenated alkanes) is 3. The van der Waals surface area contributed by atoms with Gasteiger partial charge in [-0.25, -0.2) is 0 Å². The number of hydrogen-bond donors (Lipinski definition) is 0. The largest absolute Gasteiger partial charge is 2.00 e. The molecule has 0 aromatic rings. The Balaban J connectivity index is 0. The molecule has 0 unspecified atom stereocenters. The van der Waals surface area contributed by atoms with E-state index in [2.05, 4.69) is 0 Å². The van der Waals surface area contributed by atoms with Crippen molar-refractivity contribution in [2.45, 2.75) is 39.0 Å². The fourth-order valence-corrected chi connectivity index (χ4v) is 1.11. The molecular formula is C9H14CaO4. The van der Waals surface area contributed by atoms with Gasteiger partial charge < -0.3 is 19.8 Å². The Morgan fingerprint density at radius 1 is 1.07 bits per heavy atom. The molecule has 0 spiro atoms. The maximum absolute atomic E-state index is 10.3. The molecule has 0 radical (unpaired) electrons. The summed E-state index contributed by atoms with van der Waals surface area (Å²) in [6, 6.07) is 0. The Kier molecular flexibility index (Phi) is 11.6. The van der Waals surface area contributed by atoms with Crippen LogP contribution in [0.4, 0.5) is 0 Å². The van der Waals surface area contributed by atoms with Crippen LogP contribution in [0.15, 0.2) is 0 Å². The minimum atomic E-state index is -1.54. The van der Waals surface area contributed by atoms with Crippen molar-refractivity contribution >= 4 is 49.7 Å². The van der Waals surface area contributed by atoms with Crippen LogP contribution in [-0.2, 0) is 9.59 Å². The van der Waals surface area contributed by atoms with E-state index in [9.17, 15) is 19.8 Å². The standard InChI is InChI=1S/C9H16O4.Ca/c1-2-3-4-5-6-7(8(10)11)9(12)13;/h7H,2-6H2,1H3,(H,10,11)(H,12,13);/q;+2/p-2. The first kappa shape index (κ1) is 16.6. The molecule has 0 aliphatic heterocycles. The van der Waals surface area contributed by atoms with E-state index < -0.39 is 17.9 Å². The van der Waals surface area contributed by atoms with Crippen molar-refractivity contribution in [2.75, 3.05) is 0 Å². The van der Waals surface area contributed by atoms with Crippen molar-refractivity contribution in [3.8, 4) is 0 Å². The van der Waals surface area contributed by atoms with E-state index in [-0.39, 0.29) is 44.2 Å². The topological polar surface area (TPSA) is 80.3 Å². The molecule has 0 bridgehead atoms. The second-order valence-corrected chi connectivity index (χ2v) is 3.04. The quantitative estimate of drug-likeness (QED) is 0.307. The summed E-state index contributed by atoms with van der Waals surface area (Å²) < 4.78 is 0. The van der Waals surface area contributed by atoms with Crippen molar-refractivity contribution in [3.05, 3.63) is 0 Å². The summed E-state index contributed by atoms with van der Waals surface area (Å²) in [7, 11) is 0. The molecule has 0 amide bonds. The zero-order valence-electron chi connectivity index (χ0n) is 8.45. The van der Waals surface area contributed by atoms with Crippen molar-refractivity contribution in [2.24, 2.45) is 5.92 Å².